The Labute approximate surface area is 111 Å². The van der Waals surface area contributed by atoms with E-state index >= 15 is 0 Å². The predicted octanol–water partition coefficient (Wildman–Crippen LogP) is 2.19. The molecule has 0 aliphatic rings. The van der Waals surface area contributed by atoms with Crippen LogP contribution in [0.5, 0.6) is 0 Å². The Balaban J connectivity index is 2.90. The van der Waals surface area contributed by atoms with E-state index in [2.05, 4.69) is 49.6 Å². The zero-order valence-electron chi connectivity index (χ0n) is 12.0. The molecule has 0 fully saturated rings. The van der Waals surface area contributed by atoms with Gasteiger partial charge in [0.1, 0.15) is 8.07 Å². The molecule has 0 heterocycles. The first-order chi connectivity index (χ1) is 8.39. The smallest absolute Gasteiger partial charge is 0.316 e. The van der Waals surface area contributed by atoms with Gasteiger partial charge in [0, 0.05) is 19.8 Å². The standard InChI is InChI=1S/C14H24N2OSi/c1-6-13(15-14(17)16(2)3)18(4,5)12-10-8-7-9-11-12/h7-11,13H,6H2,1-5H3,(H,15,17). The summed E-state index contributed by atoms with van der Waals surface area (Å²) in [5.41, 5.74) is 0.259. The van der Waals surface area contributed by atoms with Gasteiger partial charge in [0.2, 0.25) is 0 Å². The third kappa shape index (κ3) is 3.35. The van der Waals surface area contributed by atoms with Crippen molar-refractivity contribution in [3.05, 3.63) is 30.3 Å². The molecule has 100 valence electrons. The van der Waals surface area contributed by atoms with Gasteiger partial charge in [-0.05, 0) is 6.42 Å². The van der Waals surface area contributed by atoms with Gasteiger partial charge >= 0.3 is 6.03 Å². The fraction of sp³-hybridized carbons (Fsp3) is 0.500. The molecule has 1 atom stereocenters. The Kier molecular flexibility index (Phi) is 4.96. The average Bonchev–Trinajstić information content (AvgIpc) is 2.36. The number of rotatable bonds is 4. The van der Waals surface area contributed by atoms with Crippen LogP contribution in [0.25, 0.3) is 0 Å². The first-order valence-electron chi connectivity index (χ1n) is 6.43. The van der Waals surface area contributed by atoms with Crippen molar-refractivity contribution < 1.29 is 4.79 Å². The van der Waals surface area contributed by atoms with Crippen molar-refractivity contribution in [3.8, 4) is 0 Å². The number of amides is 2. The Hall–Kier alpha value is -1.29. The van der Waals surface area contributed by atoms with Crippen molar-refractivity contribution in [1.29, 1.82) is 0 Å². The van der Waals surface area contributed by atoms with Gasteiger partial charge in [0.05, 0.1) is 0 Å². The molecule has 4 heteroatoms. The molecule has 0 aromatic heterocycles. The van der Waals surface area contributed by atoms with Crippen molar-refractivity contribution >= 4 is 19.3 Å². The minimum atomic E-state index is -1.68. The topological polar surface area (TPSA) is 32.3 Å². The van der Waals surface area contributed by atoms with Crippen LogP contribution >= 0.6 is 0 Å². The number of hydrogen-bond acceptors (Lipinski definition) is 1. The summed E-state index contributed by atoms with van der Waals surface area (Å²) in [5, 5.41) is 4.54. The minimum Gasteiger partial charge on any atom is -0.338 e. The Morgan fingerprint density at radius 2 is 1.83 bits per heavy atom. The molecular formula is C14H24N2OSi. The van der Waals surface area contributed by atoms with Crippen molar-refractivity contribution in [2.75, 3.05) is 14.1 Å². The van der Waals surface area contributed by atoms with Crippen LogP contribution < -0.4 is 10.5 Å². The molecule has 1 unspecified atom stereocenters. The number of benzene rings is 1. The fourth-order valence-electron chi connectivity index (χ4n) is 2.14. The van der Waals surface area contributed by atoms with E-state index in [-0.39, 0.29) is 11.7 Å². The second-order valence-corrected chi connectivity index (χ2v) is 10.1. The Bertz CT molecular complexity index is 390. The number of hydrogen-bond donors (Lipinski definition) is 1. The third-order valence-corrected chi connectivity index (χ3v) is 7.62. The lowest BCUT2D eigenvalue weighted by Gasteiger charge is -2.33. The lowest BCUT2D eigenvalue weighted by atomic mass is 10.4. The highest BCUT2D eigenvalue weighted by atomic mass is 28.3. The fourth-order valence-corrected chi connectivity index (χ4v) is 5.10. The lowest BCUT2D eigenvalue weighted by molar-refractivity contribution is 0.216. The summed E-state index contributed by atoms with van der Waals surface area (Å²) in [6.07, 6.45) is 0.966. The lowest BCUT2D eigenvalue weighted by Crippen LogP contribution is -2.60. The summed E-state index contributed by atoms with van der Waals surface area (Å²) in [6, 6.07) is 10.5. The molecule has 0 radical (unpaired) electrons. The SMILES string of the molecule is CCC(NC(=O)N(C)C)[Si](C)(C)c1ccccc1. The zero-order valence-corrected chi connectivity index (χ0v) is 13.0. The van der Waals surface area contributed by atoms with E-state index in [9.17, 15) is 4.79 Å². The number of nitrogens with one attached hydrogen (secondary N) is 1. The van der Waals surface area contributed by atoms with Crippen molar-refractivity contribution in [3.63, 3.8) is 0 Å². The van der Waals surface area contributed by atoms with Crippen LogP contribution in [0.15, 0.2) is 30.3 Å². The molecule has 0 bridgehead atoms. The monoisotopic (exact) mass is 264 g/mol. The van der Waals surface area contributed by atoms with Gasteiger partial charge in [-0.15, -0.1) is 0 Å². The van der Waals surface area contributed by atoms with E-state index in [0.717, 1.165) is 6.42 Å². The second kappa shape index (κ2) is 6.04. The van der Waals surface area contributed by atoms with E-state index in [1.165, 1.54) is 5.19 Å². The quantitative estimate of drug-likeness (QED) is 0.831. The van der Waals surface area contributed by atoms with Crippen LogP contribution in [0.3, 0.4) is 0 Å². The van der Waals surface area contributed by atoms with Crippen LogP contribution in [0.2, 0.25) is 13.1 Å². The van der Waals surface area contributed by atoms with E-state index in [1.54, 1.807) is 19.0 Å². The molecule has 0 saturated carbocycles. The first-order valence-corrected chi connectivity index (χ1v) is 9.50. The van der Waals surface area contributed by atoms with E-state index in [1.807, 2.05) is 6.07 Å². The van der Waals surface area contributed by atoms with Gasteiger partial charge in [-0.3, -0.25) is 0 Å². The van der Waals surface area contributed by atoms with Crippen LogP contribution in [0, 0.1) is 0 Å². The molecule has 18 heavy (non-hydrogen) atoms. The van der Waals surface area contributed by atoms with Gasteiger partial charge in [-0.25, -0.2) is 4.79 Å². The molecule has 0 aliphatic carbocycles. The van der Waals surface area contributed by atoms with Crippen molar-refractivity contribution in [2.45, 2.75) is 32.1 Å². The van der Waals surface area contributed by atoms with Crippen LogP contribution in [-0.2, 0) is 0 Å². The van der Waals surface area contributed by atoms with Gasteiger partial charge < -0.3 is 10.2 Å². The first kappa shape index (κ1) is 14.8. The van der Waals surface area contributed by atoms with Gasteiger partial charge in [-0.1, -0.05) is 55.5 Å². The molecular weight excluding hydrogens is 240 g/mol. The Morgan fingerprint density at radius 1 is 1.28 bits per heavy atom. The van der Waals surface area contributed by atoms with E-state index in [0.29, 0.717) is 0 Å². The Morgan fingerprint density at radius 3 is 2.28 bits per heavy atom. The summed E-state index contributed by atoms with van der Waals surface area (Å²) in [6.45, 7) is 6.76. The number of carbonyl (C=O) groups excluding carboxylic acids is 1. The van der Waals surface area contributed by atoms with Gasteiger partial charge in [0.15, 0.2) is 0 Å². The van der Waals surface area contributed by atoms with Crippen LogP contribution in [0.4, 0.5) is 4.79 Å². The highest BCUT2D eigenvalue weighted by Gasteiger charge is 2.33. The largest absolute Gasteiger partial charge is 0.338 e. The highest BCUT2D eigenvalue weighted by molar-refractivity contribution is 6.91. The van der Waals surface area contributed by atoms with Gasteiger partial charge in [0.25, 0.3) is 0 Å². The number of nitrogens with zero attached hydrogens (tertiary/aromatic N) is 1. The van der Waals surface area contributed by atoms with Crippen LogP contribution in [0.1, 0.15) is 13.3 Å². The summed E-state index contributed by atoms with van der Waals surface area (Å²) < 4.78 is 0. The second-order valence-electron chi connectivity index (χ2n) is 5.39. The summed E-state index contributed by atoms with van der Waals surface area (Å²) in [7, 11) is 1.88. The molecule has 0 spiro atoms. The maximum atomic E-state index is 11.8. The summed E-state index contributed by atoms with van der Waals surface area (Å²) in [4.78, 5) is 13.4. The maximum Gasteiger partial charge on any atom is 0.316 e. The molecule has 1 rings (SSSR count). The number of carbonyl (C=O) groups is 1. The molecule has 1 aromatic rings. The molecule has 2 amide bonds. The predicted molar refractivity (Wildman–Crippen MR) is 79.9 cm³/mol. The minimum absolute atomic E-state index is 0.00152. The van der Waals surface area contributed by atoms with E-state index < -0.39 is 8.07 Å². The van der Waals surface area contributed by atoms with E-state index in [4.69, 9.17) is 0 Å². The van der Waals surface area contributed by atoms with Crippen molar-refractivity contribution in [1.82, 2.24) is 10.2 Å². The summed E-state index contributed by atoms with van der Waals surface area (Å²) >= 11 is 0. The normalized spacial score (nSPS) is 12.9. The molecule has 3 nitrogen and oxygen atoms in total. The average molecular weight is 264 g/mol. The van der Waals surface area contributed by atoms with Gasteiger partial charge in [-0.2, -0.15) is 0 Å². The van der Waals surface area contributed by atoms with Crippen LogP contribution in [-0.4, -0.2) is 38.8 Å². The molecule has 1 N–H and O–H groups in total. The summed E-state index contributed by atoms with van der Waals surface area (Å²) in [5.74, 6) is 0. The van der Waals surface area contributed by atoms with Crippen molar-refractivity contribution in [2.24, 2.45) is 0 Å². The molecule has 0 saturated heterocycles. The highest BCUT2D eigenvalue weighted by Crippen LogP contribution is 2.12. The zero-order chi connectivity index (χ0) is 13.8. The molecule has 0 aliphatic heterocycles. The maximum absolute atomic E-state index is 11.8. The molecule has 1 aromatic carbocycles. The number of urea groups is 1. The third-order valence-electron chi connectivity index (χ3n) is 3.50.